The van der Waals surface area contributed by atoms with Crippen LogP contribution in [0.15, 0.2) is 0 Å². The molecule has 2 N–H and O–H groups in total. The number of hydrogen-bond donors (Lipinski definition) is 2. The third kappa shape index (κ3) is 44.7. The first-order valence-corrected chi connectivity index (χ1v) is 18.0. The highest BCUT2D eigenvalue weighted by molar-refractivity contribution is 5.66. The summed E-state index contributed by atoms with van der Waals surface area (Å²) in [6, 6.07) is 0. The van der Waals surface area contributed by atoms with E-state index < -0.39 is 5.97 Å². The molecule has 0 saturated carbocycles. The van der Waals surface area contributed by atoms with Gasteiger partial charge in [-0.25, -0.2) is 0 Å². The third-order valence-electron chi connectivity index (χ3n) is 8.01. The second-order valence-electron chi connectivity index (χ2n) is 12.1. The van der Waals surface area contributed by atoms with Gasteiger partial charge in [0.1, 0.15) is 0 Å². The summed E-state index contributed by atoms with van der Waals surface area (Å²) in [6.45, 7) is 4.93. The van der Waals surface area contributed by atoms with E-state index in [4.69, 9.17) is 10.2 Å². The molecule has 0 aliphatic heterocycles. The second kappa shape index (κ2) is 39.6. The monoisotopic (exact) mass is 555 g/mol. The van der Waals surface area contributed by atoms with Crippen molar-refractivity contribution in [3.63, 3.8) is 0 Å². The predicted octanol–water partition coefficient (Wildman–Crippen LogP) is 12.6. The molecule has 0 aromatic carbocycles. The van der Waals surface area contributed by atoms with E-state index in [1.807, 2.05) is 0 Å². The van der Waals surface area contributed by atoms with Gasteiger partial charge in [0.05, 0.1) is 0 Å². The minimum atomic E-state index is -0.653. The molecular formula is C36H74O3. The van der Waals surface area contributed by atoms with Crippen LogP contribution in [0.25, 0.3) is 0 Å². The molecule has 3 heteroatoms. The Balaban J connectivity index is 0. The van der Waals surface area contributed by atoms with Crippen LogP contribution in [0.3, 0.4) is 0 Å². The average molecular weight is 555 g/mol. The van der Waals surface area contributed by atoms with Gasteiger partial charge >= 0.3 is 5.97 Å². The summed E-state index contributed by atoms with van der Waals surface area (Å²) in [5.41, 5.74) is 0. The first kappa shape index (κ1) is 40.6. The molecular weight excluding hydrogens is 480 g/mol. The van der Waals surface area contributed by atoms with Crippen LogP contribution >= 0.6 is 0 Å². The van der Waals surface area contributed by atoms with E-state index >= 15 is 0 Å². The number of carboxylic acids is 1. The van der Waals surface area contributed by atoms with Crippen LogP contribution < -0.4 is 0 Å². The van der Waals surface area contributed by atoms with Crippen molar-refractivity contribution in [3.05, 3.63) is 0 Å². The lowest BCUT2D eigenvalue weighted by Gasteiger charge is -2.03. The molecule has 236 valence electrons. The molecule has 0 fully saturated rings. The fourth-order valence-electron chi connectivity index (χ4n) is 5.31. The van der Waals surface area contributed by atoms with E-state index in [0.29, 0.717) is 13.0 Å². The summed E-state index contributed by atoms with van der Waals surface area (Å²) < 4.78 is 0. The smallest absolute Gasteiger partial charge is 0.303 e. The highest BCUT2D eigenvalue weighted by Crippen LogP contribution is 2.15. The Morgan fingerprint density at radius 2 is 0.564 bits per heavy atom. The van der Waals surface area contributed by atoms with Gasteiger partial charge in [-0.05, 0) is 12.8 Å². The molecule has 0 unspecified atom stereocenters. The quantitative estimate of drug-likeness (QED) is 0.0813. The molecule has 0 heterocycles. The highest BCUT2D eigenvalue weighted by Gasteiger charge is 1.97. The van der Waals surface area contributed by atoms with Crippen LogP contribution in [0.5, 0.6) is 0 Å². The van der Waals surface area contributed by atoms with Gasteiger partial charge in [0.15, 0.2) is 0 Å². The van der Waals surface area contributed by atoms with Crippen molar-refractivity contribution in [2.45, 2.75) is 219 Å². The van der Waals surface area contributed by atoms with Gasteiger partial charge in [0.25, 0.3) is 0 Å². The summed E-state index contributed by atoms with van der Waals surface area (Å²) in [7, 11) is 0. The fourth-order valence-corrected chi connectivity index (χ4v) is 5.31. The minimum absolute atomic E-state index is 0.345. The third-order valence-corrected chi connectivity index (χ3v) is 8.01. The zero-order valence-electron chi connectivity index (χ0n) is 27.1. The molecule has 0 atom stereocenters. The van der Waals surface area contributed by atoms with E-state index in [0.717, 1.165) is 19.3 Å². The number of hydrogen-bond acceptors (Lipinski definition) is 2. The van der Waals surface area contributed by atoms with Crippen LogP contribution in [0.4, 0.5) is 0 Å². The normalized spacial score (nSPS) is 10.9. The van der Waals surface area contributed by atoms with Crippen LogP contribution in [-0.2, 0) is 4.79 Å². The molecule has 0 spiro atoms. The molecule has 0 saturated heterocycles. The van der Waals surface area contributed by atoms with Crippen molar-refractivity contribution in [1.82, 2.24) is 0 Å². The molecule has 0 rings (SSSR count). The minimum Gasteiger partial charge on any atom is -0.481 e. The van der Waals surface area contributed by atoms with Crippen molar-refractivity contribution < 1.29 is 15.0 Å². The Morgan fingerprint density at radius 1 is 0.359 bits per heavy atom. The number of carboxylic acid groups (broad SMARTS) is 1. The van der Waals surface area contributed by atoms with Crippen LogP contribution in [-0.4, -0.2) is 22.8 Å². The maximum atomic E-state index is 10.3. The number of carbonyl (C=O) groups is 1. The van der Waals surface area contributed by atoms with Crippen LogP contribution in [0.1, 0.15) is 219 Å². The Labute approximate surface area is 246 Å². The molecule has 0 bridgehead atoms. The van der Waals surface area contributed by atoms with Gasteiger partial charge in [0.2, 0.25) is 0 Å². The molecule has 39 heavy (non-hydrogen) atoms. The van der Waals surface area contributed by atoms with E-state index in [1.165, 1.54) is 180 Å². The predicted molar refractivity (Wildman–Crippen MR) is 174 cm³/mol. The lowest BCUT2D eigenvalue weighted by atomic mass is 10.0. The number of aliphatic carboxylic acids is 1. The van der Waals surface area contributed by atoms with E-state index in [2.05, 4.69) is 13.8 Å². The first-order chi connectivity index (χ1) is 19.2. The summed E-state index contributed by atoms with van der Waals surface area (Å²) in [5, 5.41) is 17.2. The maximum absolute atomic E-state index is 10.3. The zero-order valence-corrected chi connectivity index (χ0v) is 27.1. The summed E-state index contributed by atoms with van der Waals surface area (Å²) >= 11 is 0. The van der Waals surface area contributed by atoms with Crippen molar-refractivity contribution in [2.24, 2.45) is 0 Å². The number of aliphatic hydroxyl groups is 1. The highest BCUT2D eigenvalue weighted by atomic mass is 16.4. The van der Waals surface area contributed by atoms with Crippen molar-refractivity contribution >= 4 is 5.97 Å². The first-order valence-electron chi connectivity index (χ1n) is 18.0. The average Bonchev–Trinajstić information content (AvgIpc) is 2.93. The van der Waals surface area contributed by atoms with Crippen LogP contribution in [0.2, 0.25) is 0 Å². The van der Waals surface area contributed by atoms with E-state index in [1.54, 1.807) is 0 Å². The molecule has 0 aromatic heterocycles. The lowest BCUT2D eigenvalue weighted by Crippen LogP contribution is -1.93. The maximum Gasteiger partial charge on any atom is 0.303 e. The fraction of sp³-hybridized carbons (Fsp3) is 0.972. The van der Waals surface area contributed by atoms with Crippen molar-refractivity contribution in [1.29, 1.82) is 0 Å². The Kier molecular flexibility index (Phi) is 41.2. The molecule has 0 aliphatic rings. The Hall–Kier alpha value is -0.570. The summed E-state index contributed by atoms with van der Waals surface area (Å²) in [6.07, 6.45) is 42.4. The van der Waals surface area contributed by atoms with Crippen LogP contribution in [0, 0.1) is 0 Å². The number of aliphatic hydroxyl groups excluding tert-OH is 1. The second-order valence-corrected chi connectivity index (χ2v) is 12.1. The number of unbranched alkanes of at least 4 members (excludes halogenated alkanes) is 29. The largest absolute Gasteiger partial charge is 0.481 e. The standard InChI is InChI=1S/C18H36O2.C18H38O/c1-2-3-4-5-6-7-8-9-10-11-12-13-14-15-16-17-18(19)20;1-2-3-4-5-6-7-8-9-10-11-12-13-14-15-16-17-18-19/h2-17H2,1H3,(H,19,20);19H,2-18H2,1H3. The molecule has 0 aromatic rings. The molecule has 0 radical (unpaired) electrons. The van der Waals surface area contributed by atoms with E-state index in [9.17, 15) is 4.79 Å². The van der Waals surface area contributed by atoms with E-state index in [-0.39, 0.29) is 0 Å². The van der Waals surface area contributed by atoms with Gasteiger partial charge in [-0.1, -0.05) is 200 Å². The SMILES string of the molecule is CCCCCCCCCCCCCCCCCC(=O)O.CCCCCCCCCCCCCCCCCCO. The zero-order chi connectivity index (χ0) is 28.9. The van der Waals surface area contributed by atoms with Gasteiger partial charge in [-0.3, -0.25) is 4.79 Å². The number of rotatable bonds is 32. The Morgan fingerprint density at radius 3 is 0.769 bits per heavy atom. The molecule has 3 nitrogen and oxygen atoms in total. The van der Waals surface area contributed by atoms with Gasteiger partial charge in [-0.15, -0.1) is 0 Å². The van der Waals surface area contributed by atoms with Crippen molar-refractivity contribution in [2.75, 3.05) is 6.61 Å². The Bertz CT molecular complexity index is 408. The van der Waals surface area contributed by atoms with Gasteiger partial charge in [0, 0.05) is 13.0 Å². The van der Waals surface area contributed by atoms with Crippen molar-refractivity contribution in [3.8, 4) is 0 Å². The summed E-state index contributed by atoms with van der Waals surface area (Å²) in [4.78, 5) is 10.3. The lowest BCUT2D eigenvalue weighted by molar-refractivity contribution is -0.137. The summed E-state index contributed by atoms with van der Waals surface area (Å²) in [5.74, 6) is -0.653. The molecule has 0 aliphatic carbocycles. The molecule has 0 amide bonds. The van der Waals surface area contributed by atoms with Gasteiger partial charge < -0.3 is 10.2 Å². The van der Waals surface area contributed by atoms with Gasteiger partial charge in [-0.2, -0.15) is 0 Å². The topological polar surface area (TPSA) is 57.5 Å².